The fraction of sp³-hybridized carbons (Fsp3) is 0.176. The first-order valence-corrected chi connectivity index (χ1v) is 6.85. The lowest BCUT2D eigenvalue weighted by molar-refractivity contribution is -0.122. The molecule has 0 spiro atoms. The molecule has 0 saturated carbocycles. The van der Waals surface area contributed by atoms with E-state index in [1.165, 1.54) is 17.0 Å². The average molecular weight is 281 g/mol. The van der Waals surface area contributed by atoms with E-state index in [1.807, 2.05) is 30.3 Å². The maximum absolute atomic E-state index is 12.5. The number of amides is 2. The third-order valence-corrected chi connectivity index (χ3v) is 3.65. The van der Waals surface area contributed by atoms with Gasteiger partial charge >= 0.3 is 0 Å². The van der Waals surface area contributed by atoms with Crippen molar-refractivity contribution in [3.8, 4) is 5.75 Å². The number of phenols is 1. The van der Waals surface area contributed by atoms with Crippen LogP contribution >= 0.6 is 0 Å². The first-order valence-electron chi connectivity index (χ1n) is 6.85. The van der Waals surface area contributed by atoms with Crippen LogP contribution in [0.3, 0.4) is 0 Å². The van der Waals surface area contributed by atoms with Gasteiger partial charge in [-0.2, -0.15) is 0 Å². The van der Waals surface area contributed by atoms with Gasteiger partial charge in [0.2, 0.25) is 11.8 Å². The van der Waals surface area contributed by atoms with Crippen molar-refractivity contribution in [2.24, 2.45) is 5.92 Å². The Kier molecular flexibility index (Phi) is 3.44. The molecule has 2 aromatic rings. The maximum Gasteiger partial charge on any atom is 0.237 e. The minimum absolute atomic E-state index is 0.0413. The van der Waals surface area contributed by atoms with Crippen LogP contribution < -0.4 is 4.90 Å². The van der Waals surface area contributed by atoms with Crippen LogP contribution in [0.25, 0.3) is 0 Å². The second-order valence-electron chi connectivity index (χ2n) is 5.18. The van der Waals surface area contributed by atoms with Crippen molar-refractivity contribution in [3.63, 3.8) is 0 Å². The third-order valence-electron chi connectivity index (χ3n) is 3.65. The number of benzene rings is 2. The van der Waals surface area contributed by atoms with Gasteiger partial charge in [-0.3, -0.25) is 14.5 Å². The summed E-state index contributed by atoms with van der Waals surface area (Å²) in [6.07, 6.45) is 0.768. The van der Waals surface area contributed by atoms with E-state index in [1.54, 1.807) is 12.1 Å². The molecule has 4 nitrogen and oxygen atoms in total. The molecule has 1 aliphatic rings. The van der Waals surface area contributed by atoms with Gasteiger partial charge in [0.15, 0.2) is 0 Å². The Morgan fingerprint density at radius 3 is 2.52 bits per heavy atom. The lowest BCUT2D eigenvalue weighted by Crippen LogP contribution is -2.30. The summed E-state index contributed by atoms with van der Waals surface area (Å²) in [5.41, 5.74) is 1.47. The molecule has 1 unspecified atom stereocenters. The molecule has 0 aromatic heterocycles. The summed E-state index contributed by atoms with van der Waals surface area (Å²) in [7, 11) is 0. The standard InChI is InChI=1S/C17H15NO3/c19-15-8-4-7-14(11-15)18-16(20)10-13(17(18)21)9-12-5-2-1-3-6-12/h1-8,11,13,19H,9-10H2. The Morgan fingerprint density at radius 2 is 1.81 bits per heavy atom. The normalized spacial score (nSPS) is 18.3. The maximum atomic E-state index is 12.5. The number of hydrogen-bond acceptors (Lipinski definition) is 3. The molecule has 106 valence electrons. The van der Waals surface area contributed by atoms with E-state index in [-0.39, 0.29) is 29.9 Å². The van der Waals surface area contributed by atoms with Gasteiger partial charge in [-0.25, -0.2) is 0 Å². The molecule has 0 aliphatic carbocycles. The molecule has 21 heavy (non-hydrogen) atoms. The second-order valence-corrected chi connectivity index (χ2v) is 5.18. The molecule has 1 saturated heterocycles. The summed E-state index contributed by atoms with van der Waals surface area (Å²) in [4.78, 5) is 25.7. The number of imide groups is 1. The van der Waals surface area contributed by atoms with E-state index in [4.69, 9.17) is 0 Å². The summed E-state index contributed by atoms with van der Waals surface area (Å²) < 4.78 is 0. The average Bonchev–Trinajstić information content (AvgIpc) is 2.74. The lowest BCUT2D eigenvalue weighted by Gasteiger charge is -2.15. The zero-order chi connectivity index (χ0) is 14.8. The lowest BCUT2D eigenvalue weighted by atomic mass is 9.98. The fourth-order valence-corrected chi connectivity index (χ4v) is 2.66. The van der Waals surface area contributed by atoms with E-state index in [0.717, 1.165) is 5.56 Å². The molecule has 2 aromatic carbocycles. The largest absolute Gasteiger partial charge is 0.508 e. The van der Waals surface area contributed by atoms with Gasteiger partial charge in [-0.15, -0.1) is 0 Å². The van der Waals surface area contributed by atoms with Crippen molar-refractivity contribution >= 4 is 17.5 Å². The van der Waals surface area contributed by atoms with Gasteiger partial charge in [-0.05, 0) is 24.1 Å². The number of anilines is 1. The molecular formula is C17H15NO3. The highest BCUT2D eigenvalue weighted by molar-refractivity contribution is 6.21. The first kappa shape index (κ1) is 13.4. The van der Waals surface area contributed by atoms with Crippen LogP contribution in [0.15, 0.2) is 54.6 Å². The monoisotopic (exact) mass is 281 g/mol. The minimum atomic E-state index is -0.331. The van der Waals surface area contributed by atoms with Crippen molar-refractivity contribution in [2.75, 3.05) is 4.90 Å². The fourth-order valence-electron chi connectivity index (χ4n) is 2.66. The van der Waals surface area contributed by atoms with E-state index < -0.39 is 0 Å². The number of nitrogens with zero attached hydrogens (tertiary/aromatic N) is 1. The first-order chi connectivity index (χ1) is 10.1. The Morgan fingerprint density at radius 1 is 1.05 bits per heavy atom. The van der Waals surface area contributed by atoms with Crippen molar-refractivity contribution in [1.82, 2.24) is 0 Å². The molecule has 1 aliphatic heterocycles. The third kappa shape index (κ3) is 2.65. The topological polar surface area (TPSA) is 57.6 Å². The molecule has 1 heterocycles. The molecule has 1 atom stereocenters. The Hall–Kier alpha value is -2.62. The molecule has 2 amide bonds. The number of carbonyl (C=O) groups excluding carboxylic acids is 2. The molecule has 0 radical (unpaired) electrons. The Labute approximate surface area is 122 Å². The Bertz CT molecular complexity index is 681. The van der Waals surface area contributed by atoms with Gasteiger partial charge < -0.3 is 5.11 Å². The summed E-state index contributed by atoms with van der Waals surface area (Å²) in [5.74, 6) is -0.706. The van der Waals surface area contributed by atoms with Crippen LogP contribution in [-0.4, -0.2) is 16.9 Å². The highest BCUT2D eigenvalue weighted by Gasteiger charge is 2.39. The van der Waals surface area contributed by atoms with Crippen molar-refractivity contribution < 1.29 is 14.7 Å². The SMILES string of the molecule is O=C1CC(Cc2ccccc2)C(=O)N1c1cccc(O)c1. The van der Waals surface area contributed by atoms with Crippen LogP contribution in [0.5, 0.6) is 5.75 Å². The zero-order valence-electron chi connectivity index (χ0n) is 11.4. The quantitative estimate of drug-likeness (QED) is 0.879. The van der Waals surface area contributed by atoms with Gasteiger partial charge in [-0.1, -0.05) is 36.4 Å². The molecule has 4 heteroatoms. The molecule has 1 fully saturated rings. The molecular weight excluding hydrogens is 266 g/mol. The zero-order valence-corrected chi connectivity index (χ0v) is 11.4. The predicted molar refractivity (Wildman–Crippen MR) is 78.9 cm³/mol. The predicted octanol–water partition coefficient (Wildman–Crippen LogP) is 2.51. The van der Waals surface area contributed by atoms with Gasteiger partial charge in [0.25, 0.3) is 0 Å². The number of hydrogen-bond donors (Lipinski definition) is 1. The smallest absolute Gasteiger partial charge is 0.237 e. The van der Waals surface area contributed by atoms with Crippen molar-refractivity contribution in [2.45, 2.75) is 12.8 Å². The summed E-state index contributed by atoms with van der Waals surface area (Å²) in [5, 5.41) is 9.50. The van der Waals surface area contributed by atoms with E-state index in [9.17, 15) is 14.7 Å². The van der Waals surface area contributed by atoms with E-state index in [2.05, 4.69) is 0 Å². The second kappa shape index (κ2) is 5.40. The highest BCUT2D eigenvalue weighted by atomic mass is 16.3. The van der Waals surface area contributed by atoms with Gasteiger partial charge in [0.1, 0.15) is 5.75 Å². The molecule has 1 N–H and O–H groups in total. The number of rotatable bonds is 3. The van der Waals surface area contributed by atoms with Crippen LogP contribution in [0.4, 0.5) is 5.69 Å². The van der Waals surface area contributed by atoms with Gasteiger partial charge in [0.05, 0.1) is 11.6 Å². The van der Waals surface area contributed by atoms with Crippen LogP contribution in [0.2, 0.25) is 0 Å². The molecule has 0 bridgehead atoms. The highest BCUT2D eigenvalue weighted by Crippen LogP contribution is 2.30. The van der Waals surface area contributed by atoms with Crippen LogP contribution in [0.1, 0.15) is 12.0 Å². The minimum Gasteiger partial charge on any atom is -0.508 e. The van der Waals surface area contributed by atoms with Crippen molar-refractivity contribution in [1.29, 1.82) is 0 Å². The van der Waals surface area contributed by atoms with E-state index in [0.29, 0.717) is 12.1 Å². The Balaban J connectivity index is 1.82. The van der Waals surface area contributed by atoms with Gasteiger partial charge in [0, 0.05) is 12.5 Å². The van der Waals surface area contributed by atoms with Crippen LogP contribution in [-0.2, 0) is 16.0 Å². The van der Waals surface area contributed by atoms with Crippen LogP contribution in [0, 0.1) is 5.92 Å². The number of aromatic hydroxyl groups is 1. The van der Waals surface area contributed by atoms with Crippen molar-refractivity contribution in [3.05, 3.63) is 60.2 Å². The van der Waals surface area contributed by atoms with E-state index >= 15 is 0 Å². The number of carbonyl (C=O) groups is 2. The summed E-state index contributed by atoms with van der Waals surface area (Å²) in [6.45, 7) is 0. The molecule has 3 rings (SSSR count). The summed E-state index contributed by atoms with van der Waals surface area (Å²) >= 11 is 0. The number of phenolic OH excluding ortho intramolecular Hbond substituents is 1. The summed E-state index contributed by atoms with van der Waals surface area (Å²) in [6, 6.07) is 15.9.